The summed E-state index contributed by atoms with van der Waals surface area (Å²) in [5, 5.41) is 0. The van der Waals surface area contributed by atoms with Crippen molar-refractivity contribution in [3.63, 3.8) is 0 Å². The number of benzene rings is 2. The van der Waals surface area contributed by atoms with Crippen LogP contribution in [0.1, 0.15) is 43.2 Å². The summed E-state index contributed by atoms with van der Waals surface area (Å²) in [6.07, 6.45) is 6.58. The summed E-state index contributed by atoms with van der Waals surface area (Å²) < 4.78 is 14.7. The lowest BCUT2D eigenvalue weighted by molar-refractivity contribution is 0.141. The summed E-state index contributed by atoms with van der Waals surface area (Å²) in [6, 6.07) is 16.3. The molecule has 2 aromatic carbocycles. The molecule has 3 aliphatic rings. The molecule has 0 atom stereocenters. The zero-order valence-electron chi connectivity index (χ0n) is 20.9. The number of nitrogens with zero attached hydrogens (tertiary/aromatic N) is 4. The van der Waals surface area contributed by atoms with Gasteiger partial charge in [-0.25, -0.2) is 4.39 Å². The van der Waals surface area contributed by atoms with Crippen LogP contribution in [0.25, 0.3) is 0 Å². The number of aliphatic imine (C=N–C) groups is 1. The molecule has 2 N–H and O–H groups in total. The molecule has 0 unspecified atom stereocenters. The van der Waals surface area contributed by atoms with E-state index in [1.54, 1.807) is 12.1 Å². The van der Waals surface area contributed by atoms with Crippen molar-refractivity contribution < 1.29 is 4.39 Å². The topological polar surface area (TPSA) is 48.1 Å². The molecule has 0 aromatic heterocycles. The van der Waals surface area contributed by atoms with Gasteiger partial charge >= 0.3 is 0 Å². The Labute approximate surface area is 209 Å². The smallest absolute Gasteiger partial charge is 0.132 e. The zero-order chi connectivity index (χ0) is 24.2. The third-order valence-electron chi connectivity index (χ3n) is 7.74. The first-order chi connectivity index (χ1) is 17.1. The van der Waals surface area contributed by atoms with E-state index in [4.69, 9.17) is 10.7 Å². The van der Waals surface area contributed by atoms with Crippen LogP contribution in [0, 0.1) is 5.82 Å². The molecule has 5 rings (SSSR count). The highest BCUT2D eigenvalue weighted by Crippen LogP contribution is 2.26. The molecule has 0 amide bonds. The number of rotatable bonds is 6. The molecule has 2 fully saturated rings. The zero-order valence-corrected chi connectivity index (χ0v) is 20.9. The van der Waals surface area contributed by atoms with Crippen molar-refractivity contribution in [1.82, 2.24) is 9.80 Å². The molecule has 186 valence electrons. The lowest BCUT2D eigenvalue weighted by atomic mass is 9.99. The number of piperidine rings is 2. The first kappa shape index (κ1) is 24.0. The molecule has 0 aliphatic carbocycles. The Morgan fingerprint density at radius 2 is 1.74 bits per heavy atom. The Bertz CT molecular complexity index is 1080. The summed E-state index contributed by atoms with van der Waals surface area (Å²) in [5.74, 6) is -0.258. The van der Waals surface area contributed by atoms with Gasteiger partial charge in [-0.3, -0.25) is 9.89 Å². The first-order valence-electron chi connectivity index (χ1n) is 13.1. The van der Waals surface area contributed by atoms with Crippen molar-refractivity contribution >= 4 is 11.4 Å². The van der Waals surface area contributed by atoms with Gasteiger partial charge in [0.05, 0.1) is 12.3 Å². The minimum absolute atomic E-state index is 0.258. The van der Waals surface area contributed by atoms with Crippen molar-refractivity contribution in [2.45, 2.75) is 44.7 Å². The van der Waals surface area contributed by atoms with Crippen LogP contribution in [0.15, 0.2) is 64.8 Å². The van der Waals surface area contributed by atoms with Gasteiger partial charge in [0.1, 0.15) is 5.82 Å². The van der Waals surface area contributed by atoms with Crippen LogP contribution in [0.2, 0.25) is 0 Å². The van der Waals surface area contributed by atoms with Crippen LogP contribution in [0.4, 0.5) is 10.1 Å². The van der Waals surface area contributed by atoms with E-state index in [0.29, 0.717) is 30.9 Å². The van der Waals surface area contributed by atoms with Crippen LogP contribution >= 0.6 is 0 Å². The lowest BCUT2D eigenvalue weighted by Crippen LogP contribution is -2.46. The van der Waals surface area contributed by atoms with Crippen LogP contribution in [-0.2, 0) is 6.54 Å². The fraction of sp³-hybridized carbons (Fsp3) is 0.483. The van der Waals surface area contributed by atoms with E-state index in [9.17, 15) is 4.39 Å². The Morgan fingerprint density at radius 3 is 2.46 bits per heavy atom. The molecular weight excluding hydrogens is 437 g/mol. The Morgan fingerprint density at radius 1 is 0.971 bits per heavy atom. The van der Waals surface area contributed by atoms with Gasteiger partial charge in [-0.05, 0) is 75.6 Å². The molecule has 6 heteroatoms. The van der Waals surface area contributed by atoms with E-state index in [1.165, 1.54) is 56.9 Å². The monoisotopic (exact) mass is 475 g/mol. The molecule has 0 saturated carbocycles. The van der Waals surface area contributed by atoms with Gasteiger partial charge in [-0.1, -0.05) is 30.7 Å². The highest BCUT2D eigenvalue weighted by Gasteiger charge is 2.26. The van der Waals surface area contributed by atoms with Crippen LogP contribution < -0.4 is 10.6 Å². The number of anilines is 1. The second-order valence-corrected chi connectivity index (χ2v) is 10.3. The predicted molar refractivity (Wildman–Crippen MR) is 142 cm³/mol. The van der Waals surface area contributed by atoms with E-state index < -0.39 is 0 Å². The van der Waals surface area contributed by atoms with Gasteiger partial charge < -0.3 is 15.5 Å². The van der Waals surface area contributed by atoms with E-state index in [0.717, 1.165) is 36.0 Å². The van der Waals surface area contributed by atoms with Gasteiger partial charge in [0.15, 0.2) is 0 Å². The van der Waals surface area contributed by atoms with Crippen molar-refractivity contribution in [3.05, 3.63) is 76.7 Å². The highest BCUT2D eigenvalue weighted by atomic mass is 19.1. The van der Waals surface area contributed by atoms with Crippen LogP contribution in [0.3, 0.4) is 0 Å². The first-order valence-corrected chi connectivity index (χ1v) is 13.1. The van der Waals surface area contributed by atoms with Gasteiger partial charge in [0, 0.05) is 54.7 Å². The molecular formula is C29H38FN5. The largest absolute Gasteiger partial charge is 0.401 e. The maximum absolute atomic E-state index is 14.7. The average Bonchev–Trinajstić information content (AvgIpc) is 3.23. The summed E-state index contributed by atoms with van der Waals surface area (Å²) in [4.78, 5) is 12.3. The molecule has 3 aliphatic heterocycles. The molecule has 2 aromatic rings. The number of halogens is 1. The van der Waals surface area contributed by atoms with Crippen LogP contribution in [0.5, 0.6) is 0 Å². The van der Waals surface area contributed by atoms with E-state index >= 15 is 0 Å². The number of likely N-dealkylation sites (tertiary alicyclic amines) is 1. The Kier molecular flexibility index (Phi) is 7.49. The van der Waals surface area contributed by atoms with Crippen molar-refractivity contribution in [1.29, 1.82) is 0 Å². The van der Waals surface area contributed by atoms with Gasteiger partial charge in [0.25, 0.3) is 0 Å². The minimum Gasteiger partial charge on any atom is -0.401 e. The second-order valence-electron chi connectivity index (χ2n) is 10.3. The Hall–Kier alpha value is -2.70. The number of likely N-dealkylation sites (N-methyl/N-ethyl adjacent to an activating group) is 1. The molecule has 0 radical (unpaired) electrons. The predicted octanol–water partition coefficient (Wildman–Crippen LogP) is 4.43. The summed E-state index contributed by atoms with van der Waals surface area (Å²) >= 11 is 0. The standard InChI is InChI=1S/C29H38FN5/c1-33-20-26(28(31)21-33)29(25-10-3-4-11-27(25)30)32-19-22-8-7-9-24(18-22)35-16-12-23(13-17-35)34-14-5-2-6-15-34/h3-4,7-11,18,23H,2,5-6,12-17,19-21,31H2,1H3. The maximum Gasteiger partial charge on any atom is 0.132 e. The molecule has 0 bridgehead atoms. The quantitative estimate of drug-likeness (QED) is 0.628. The highest BCUT2D eigenvalue weighted by molar-refractivity contribution is 6.13. The van der Waals surface area contributed by atoms with Gasteiger partial charge in [-0.15, -0.1) is 0 Å². The van der Waals surface area contributed by atoms with E-state index in [-0.39, 0.29) is 5.82 Å². The van der Waals surface area contributed by atoms with Crippen LogP contribution in [-0.4, -0.2) is 67.9 Å². The minimum atomic E-state index is -0.258. The van der Waals surface area contributed by atoms with Gasteiger partial charge in [-0.2, -0.15) is 0 Å². The van der Waals surface area contributed by atoms with Crippen molar-refractivity contribution in [3.8, 4) is 0 Å². The fourth-order valence-electron chi connectivity index (χ4n) is 5.83. The SMILES string of the molecule is CN1CC(N)=C(C(=NCc2cccc(N3CCC(N4CCCCC4)CC3)c2)c2ccccc2F)C1. The molecule has 0 spiro atoms. The molecule has 2 saturated heterocycles. The van der Waals surface area contributed by atoms with Gasteiger partial charge in [0.2, 0.25) is 0 Å². The maximum atomic E-state index is 14.7. The third-order valence-corrected chi connectivity index (χ3v) is 7.74. The molecule has 35 heavy (non-hydrogen) atoms. The van der Waals surface area contributed by atoms with Crippen molar-refractivity contribution in [2.75, 3.05) is 51.2 Å². The molecule has 3 heterocycles. The average molecular weight is 476 g/mol. The van der Waals surface area contributed by atoms with Crippen molar-refractivity contribution in [2.24, 2.45) is 10.7 Å². The normalized spacial score (nSPS) is 21.2. The van der Waals surface area contributed by atoms with E-state index in [2.05, 4.69) is 39.0 Å². The number of nitrogens with two attached hydrogens (primary N) is 1. The molecule has 5 nitrogen and oxygen atoms in total. The Balaban J connectivity index is 1.31. The summed E-state index contributed by atoms with van der Waals surface area (Å²) in [7, 11) is 2.02. The summed E-state index contributed by atoms with van der Waals surface area (Å²) in [6.45, 7) is 6.63. The second kappa shape index (κ2) is 10.9. The summed E-state index contributed by atoms with van der Waals surface area (Å²) in [5.41, 5.74) is 11.7. The number of hydrogen-bond donors (Lipinski definition) is 1. The van der Waals surface area contributed by atoms with E-state index in [1.807, 2.05) is 13.1 Å². The number of hydrogen-bond acceptors (Lipinski definition) is 5. The lowest BCUT2D eigenvalue weighted by Gasteiger charge is -2.41. The third kappa shape index (κ3) is 5.60. The fourth-order valence-corrected chi connectivity index (χ4v) is 5.83.